The zero-order valence-corrected chi connectivity index (χ0v) is 17.0. The molecule has 5 nitrogen and oxygen atoms in total. The summed E-state index contributed by atoms with van der Waals surface area (Å²) < 4.78 is 5.46. The van der Waals surface area contributed by atoms with Crippen molar-refractivity contribution in [3.63, 3.8) is 0 Å². The first kappa shape index (κ1) is 19.7. The molecule has 7 heteroatoms. The summed E-state index contributed by atoms with van der Waals surface area (Å²) in [6, 6.07) is 17.4. The molecule has 0 saturated heterocycles. The minimum atomic E-state index is 0. The zero-order chi connectivity index (χ0) is 17.9. The highest BCUT2D eigenvalue weighted by Gasteiger charge is 2.23. The van der Waals surface area contributed by atoms with E-state index in [0.717, 1.165) is 18.8 Å². The predicted molar refractivity (Wildman–Crippen MR) is 111 cm³/mol. The van der Waals surface area contributed by atoms with Crippen LogP contribution in [0.5, 0.6) is 0 Å². The number of aromatic nitrogens is 2. The van der Waals surface area contributed by atoms with Crippen LogP contribution in [-0.4, -0.2) is 29.8 Å². The van der Waals surface area contributed by atoms with Crippen molar-refractivity contribution in [3.8, 4) is 0 Å². The summed E-state index contributed by atoms with van der Waals surface area (Å²) in [5.74, 6) is 1.45. The average Bonchev–Trinajstić information content (AvgIpc) is 3.12. The second kappa shape index (κ2) is 8.78. The summed E-state index contributed by atoms with van der Waals surface area (Å²) in [6.07, 6.45) is 1.49. The van der Waals surface area contributed by atoms with Crippen molar-refractivity contribution in [1.82, 2.24) is 15.5 Å². The van der Waals surface area contributed by atoms with Gasteiger partial charge in [0, 0.05) is 35.2 Å². The van der Waals surface area contributed by atoms with E-state index >= 15 is 0 Å². The van der Waals surface area contributed by atoms with Crippen LogP contribution >= 0.6 is 24.2 Å². The van der Waals surface area contributed by atoms with Gasteiger partial charge in [-0.2, -0.15) is 4.98 Å². The highest BCUT2D eigenvalue weighted by molar-refractivity contribution is 7.99. The van der Waals surface area contributed by atoms with Crippen LogP contribution in [-0.2, 0) is 12.8 Å². The van der Waals surface area contributed by atoms with Gasteiger partial charge in [-0.3, -0.25) is 0 Å². The van der Waals surface area contributed by atoms with Gasteiger partial charge in [0.1, 0.15) is 0 Å². The van der Waals surface area contributed by atoms with E-state index in [9.17, 15) is 0 Å². The minimum Gasteiger partial charge on any atom is -0.339 e. The predicted octanol–water partition coefficient (Wildman–Crippen LogP) is 4.49. The van der Waals surface area contributed by atoms with Crippen LogP contribution in [0, 0.1) is 0 Å². The Labute approximate surface area is 170 Å². The standard InChI is InChI=1S/C20H22N4OS.ClH/c1-14(21-2)13-19-22-20(25-23-19)11-12-24-15-7-3-5-9-17(15)26-18-10-6-4-8-16(18)24;/h3-10,14,21H,11-13H2,1-2H3;1H. The van der Waals surface area contributed by atoms with Crippen LogP contribution in [0.15, 0.2) is 62.8 Å². The first-order chi connectivity index (χ1) is 12.7. The normalized spacial score (nSPS) is 13.5. The second-order valence-electron chi connectivity index (χ2n) is 6.44. The van der Waals surface area contributed by atoms with Gasteiger partial charge in [0.05, 0.1) is 11.4 Å². The molecule has 27 heavy (non-hydrogen) atoms. The number of hydrogen-bond acceptors (Lipinski definition) is 6. The fourth-order valence-corrected chi connectivity index (χ4v) is 4.18. The number of likely N-dealkylation sites (N-methyl/N-ethyl adjacent to an activating group) is 1. The van der Waals surface area contributed by atoms with Gasteiger partial charge in [-0.05, 0) is 38.2 Å². The van der Waals surface area contributed by atoms with E-state index in [2.05, 4.69) is 75.8 Å². The Morgan fingerprint density at radius 3 is 2.33 bits per heavy atom. The summed E-state index contributed by atoms with van der Waals surface area (Å²) in [4.78, 5) is 9.45. The molecule has 1 atom stereocenters. The Kier molecular flexibility index (Phi) is 6.42. The van der Waals surface area contributed by atoms with E-state index in [1.807, 2.05) is 18.8 Å². The van der Waals surface area contributed by atoms with Crippen LogP contribution in [0.25, 0.3) is 0 Å². The number of halogens is 1. The molecule has 142 valence electrons. The van der Waals surface area contributed by atoms with Crippen LogP contribution in [0.1, 0.15) is 18.6 Å². The molecule has 2 heterocycles. The third-order valence-corrected chi connectivity index (χ3v) is 5.70. The first-order valence-corrected chi connectivity index (χ1v) is 9.68. The van der Waals surface area contributed by atoms with Crippen LogP contribution in [0.3, 0.4) is 0 Å². The van der Waals surface area contributed by atoms with Gasteiger partial charge in [-0.15, -0.1) is 12.4 Å². The molecule has 2 aromatic carbocycles. The van der Waals surface area contributed by atoms with Crippen molar-refractivity contribution in [1.29, 1.82) is 0 Å². The van der Waals surface area contributed by atoms with Gasteiger partial charge in [-0.25, -0.2) is 0 Å². The molecule has 3 aromatic rings. The molecule has 0 amide bonds. The second-order valence-corrected chi connectivity index (χ2v) is 7.52. The third kappa shape index (κ3) is 4.29. The van der Waals surface area contributed by atoms with Crippen molar-refractivity contribution in [2.75, 3.05) is 18.5 Å². The molecule has 0 radical (unpaired) electrons. The summed E-state index contributed by atoms with van der Waals surface area (Å²) in [7, 11) is 1.94. The number of nitrogens with zero attached hydrogens (tertiary/aromatic N) is 3. The van der Waals surface area contributed by atoms with Crippen molar-refractivity contribution in [2.45, 2.75) is 35.6 Å². The smallest absolute Gasteiger partial charge is 0.228 e. The number of anilines is 2. The van der Waals surface area contributed by atoms with Crippen LogP contribution < -0.4 is 10.2 Å². The summed E-state index contributed by atoms with van der Waals surface area (Å²) in [5, 5.41) is 7.30. The Hall–Kier alpha value is -2.02. The van der Waals surface area contributed by atoms with E-state index in [0.29, 0.717) is 18.4 Å². The van der Waals surface area contributed by atoms with Crippen molar-refractivity contribution in [3.05, 3.63) is 60.2 Å². The summed E-state index contributed by atoms with van der Waals surface area (Å²) in [5.41, 5.74) is 2.47. The maximum absolute atomic E-state index is 5.46. The third-order valence-electron chi connectivity index (χ3n) is 4.57. The summed E-state index contributed by atoms with van der Waals surface area (Å²) >= 11 is 1.82. The molecule has 1 aliphatic rings. The van der Waals surface area contributed by atoms with Gasteiger partial charge in [0.2, 0.25) is 5.89 Å². The van der Waals surface area contributed by atoms with Gasteiger partial charge < -0.3 is 14.7 Å². The molecule has 4 rings (SSSR count). The molecule has 1 unspecified atom stereocenters. The average molecular weight is 403 g/mol. The lowest BCUT2D eigenvalue weighted by Crippen LogP contribution is -2.24. The van der Waals surface area contributed by atoms with E-state index in [-0.39, 0.29) is 12.4 Å². The molecule has 0 fully saturated rings. The molecule has 0 spiro atoms. The summed E-state index contributed by atoms with van der Waals surface area (Å²) in [6.45, 7) is 2.91. The van der Waals surface area contributed by atoms with Gasteiger partial charge in [0.25, 0.3) is 0 Å². The van der Waals surface area contributed by atoms with E-state index in [1.54, 1.807) is 0 Å². The molecule has 1 aromatic heterocycles. The van der Waals surface area contributed by atoms with Crippen LogP contribution in [0.4, 0.5) is 11.4 Å². The Morgan fingerprint density at radius 1 is 1.07 bits per heavy atom. The minimum absolute atomic E-state index is 0. The molecular formula is C20H23ClN4OS. The fraction of sp³-hybridized carbons (Fsp3) is 0.300. The molecular weight excluding hydrogens is 380 g/mol. The first-order valence-electron chi connectivity index (χ1n) is 8.87. The lowest BCUT2D eigenvalue weighted by molar-refractivity contribution is 0.372. The van der Waals surface area contributed by atoms with Crippen molar-refractivity contribution in [2.24, 2.45) is 0 Å². The van der Waals surface area contributed by atoms with E-state index in [4.69, 9.17) is 4.52 Å². The highest BCUT2D eigenvalue weighted by atomic mass is 35.5. The maximum atomic E-state index is 5.46. The Morgan fingerprint density at radius 2 is 1.70 bits per heavy atom. The molecule has 1 aliphatic heterocycles. The van der Waals surface area contributed by atoms with Gasteiger partial charge >= 0.3 is 0 Å². The van der Waals surface area contributed by atoms with Gasteiger partial charge in [0.15, 0.2) is 5.82 Å². The quantitative estimate of drug-likeness (QED) is 0.655. The Bertz CT molecular complexity index is 855. The number of hydrogen-bond donors (Lipinski definition) is 1. The number of rotatable bonds is 6. The van der Waals surface area contributed by atoms with E-state index < -0.39 is 0 Å². The lowest BCUT2D eigenvalue weighted by Gasteiger charge is -2.32. The monoisotopic (exact) mass is 402 g/mol. The zero-order valence-electron chi connectivity index (χ0n) is 15.4. The molecule has 1 N–H and O–H groups in total. The molecule has 0 saturated carbocycles. The largest absolute Gasteiger partial charge is 0.339 e. The van der Waals surface area contributed by atoms with Crippen LogP contribution in [0.2, 0.25) is 0 Å². The maximum Gasteiger partial charge on any atom is 0.228 e. The Balaban J connectivity index is 0.00000210. The molecule has 0 bridgehead atoms. The highest BCUT2D eigenvalue weighted by Crippen LogP contribution is 2.47. The van der Waals surface area contributed by atoms with E-state index in [1.165, 1.54) is 21.2 Å². The molecule has 0 aliphatic carbocycles. The number of benzene rings is 2. The fourth-order valence-electron chi connectivity index (χ4n) is 3.08. The topological polar surface area (TPSA) is 54.2 Å². The van der Waals surface area contributed by atoms with Crippen molar-refractivity contribution >= 4 is 35.5 Å². The number of para-hydroxylation sites is 2. The number of nitrogens with one attached hydrogen (secondary N) is 1. The van der Waals surface area contributed by atoms with Crippen molar-refractivity contribution < 1.29 is 4.52 Å². The number of fused-ring (bicyclic) bond motifs is 2. The SMILES string of the molecule is CNC(C)Cc1noc(CCN2c3ccccc3Sc3ccccc32)n1.Cl. The van der Waals surface area contributed by atoms with Gasteiger partial charge in [-0.1, -0.05) is 41.2 Å². The lowest BCUT2D eigenvalue weighted by atomic mass is 10.2.